The normalized spacial score (nSPS) is 15.8. The van der Waals surface area contributed by atoms with Crippen molar-refractivity contribution in [3.8, 4) is 0 Å². The molecule has 0 radical (unpaired) electrons. The van der Waals surface area contributed by atoms with E-state index in [-0.39, 0.29) is 18.0 Å². The van der Waals surface area contributed by atoms with Crippen LogP contribution in [-0.4, -0.2) is 47.5 Å². The molecule has 0 saturated carbocycles. The van der Waals surface area contributed by atoms with Crippen LogP contribution in [-0.2, 0) is 23.4 Å². The van der Waals surface area contributed by atoms with Gasteiger partial charge in [-0.1, -0.05) is 111 Å². The van der Waals surface area contributed by atoms with Crippen molar-refractivity contribution in [2.24, 2.45) is 0 Å². The molecule has 0 saturated heterocycles. The number of unbranched alkanes of at least 4 members (excludes halogenated alkanes) is 13. The van der Waals surface area contributed by atoms with Gasteiger partial charge in [0.05, 0.1) is 19.8 Å². The van der Waals surface area contributed by atoms with E-state index in [1.807, 2.05) is 25.6 Å². The molecule has 0 amide bonds. The van der Waals surface area contributed by atoms with Gasteiger partial charge in [0, 0.05) is 5.25 Å². The first-order chi connectivity index (χ1) is 17.3. The lowest BCUT2D eigenvalue weighted by molar-refractivity contribution is -0.152. The SMILES string of the molecule is CCCCCCCCCCCCSC(CCCCCCC)C(C)OC(C(=O)OC)P(=O)(O)OCCC. The van der Waals surface area contributed by atoms with Gasteiger partial charge >= 0.3 is 13.6 Å². The first-order valence-electron chi connectivity index (χ1n) is 14.7. The molecule has 0 fully saturated rings. The van der Waals surface area contributed by atoms with Crippen molar-refractivity contribution >= 4 is 25.3 Å². The molecule has 0 rings (SSSR count). The first-order valence-corrected chi connectivity index (χ1v) is 17.3. The van der Waals surface area contributed by atoms with Crippen molar-refractivity contribution in [2.75, 3.05) is 19.5 Å². The summed E-state index contributed by atoms with van der Waals surface area (Å²) >= 11 is 1.87. The molecule has 6 nitrogen and oxygen atoms in total. The summed E-state index contributed by atoms with van der Waals surface area (Å²) in [5, 5.41) is 0.156. The Labute approximate surface area is 226 Å². The lowest BCUT2D eigenvalue weighted by Gasteiger charge is -2.29. The maximum Gasteiger partial charge on any atom is 0.368 e. The number of ether oxygens (including phenoxy) is 2. The fraction of sp³-hybridized carbons (Fsp3) is 0.964. The number of carbonyl (C=O) groups is 1. The van der Waals surface area contributed by atoms with E-state index in [2.05, 4.69) is 13.8 Å². The highest BCUT2D eigenvalue weighted by Gasteiger charge is 2.42. The smallest absolute Gasteiger partial charge is 0.368 e. The van der Waals surface area contributed by atoms with E-state index in [1.54, 1.807) is 0 Å². The highest BCUT2D eigenvalue weighted by atomic mass is 32.2. The van der Waals surface area contributed by atoms with Gasteiger partial charge in [0.25, 0.3) is 5.85 Å². The van der Waals surface area contributed by atoms with Crippen LogP contribution in [0.5, 0.6) is 0 Å². The van der Waals surface area contributed by atoms with Crippen LogP contribution in [0.15, 0.2) is 0 Å². The number of hydrogen-bond donors (Lipinski definition) is 1. The van der Waals surface area contributed by atoms with E-state index in [0.717, 1.165) is 25.0 Å². The number of methoxy groups -OCH3 is 1. The number of hydrogen-bond acceptors (Lipinski definition) is 6. The van der Waals surface area contributed by atoms with Crippen molar-refractivity contribution in [2.45, 2.75) is 154 Å². The molecule has 1 N–H and O–H groups in total. The predicted octanol–water partition coefficient (Wildman–Crippen LogP) is 8.89. The summed E-state index contributed by atoms with van der Waals surface area (Å²) < 4.78 is 28.5. The van der Waals surface area contributed by atoms with Gasteiger partial charge in [0.2, 0.25) is 0 Å². The van der Waals surface area contributed by atoms with Gasteiger partial charge in [0.1, 0.15) is 0 Å². The van der Waals surface area contributed by atoms with Crippen molar-refractivity contribution in [3.63, 3.8) is 0 Å². The minimum atomic E-state index is -4.29. The molecule has 4 unspecified atom stereocenters. The largest absolute Gasteiger partial charge is 0.467 e. The van der Waals surface area contributed by atoms with Gasteiger partial charge in [-0.15, -0.1) is 0 Å². The van der Waals surface area contributed by atoms with E-state index < -0.39 is 19.4 Å². The molecule has 4 atom stereocenters. The zero-order valence-corrected chi connectivity index (χ0v) is 25.7. The van der Waals surface area contributed by atoms with Crippen LogP contribution in [0.2, 0.25) is 0 Å². The maximum absolute atomic E-state index is 12.7. The molecule has 0 aliphatic rings. The first kappa shape index (κ1) is 35.9. The van der Waals surface area contributed by atoms with Crippen LogP contribution < -0.4 is 0 Å². The van der Waals surface area contributed by atoms with Crippen LogP contribution in [0, 0.1) is 0 Å². The van der Waals surface area contributed by atoms with E-state index >= 15 is 0 Å². The molecule has 8 heteroatoms. The third-order valence-corrected chi connectivity index (χ3v) is 9.52. The van der Waals surface area contributed by atoms with E-state index in [4.69, 9.17) is 14.0 Å². The highest BCUT2D eigenvalue weighted by molar-refractivity contribution is 7.99. The number of carbonyl (C=O) groups excluding carboxylic acids is 1. The quantitative estimate of drug-likeness (QED) is 0.0652. The van der Waals surface area contributed by atoms with Gasteiger partial charge < -0.3 is 18.9 Å². The second-order valence-electron chi connectivity index (χ2n) is 9.91. The van der Waals surface area contributed by atoms with Crippen LogP contribution in [0.4, 0.5) is 0 Å². The van der Waals surface area contributed by atoms with Crippen LogP contribution in [0.1, 0.15) is 137 Å². The van der Waals surface area contributed by atoms with Crippen molar-refractivity contribution < 1.29 is 28.3 Å². The van der Waals surface area contributed by atoms with Gasteiger partial charge in [-0.25, -0.2) is 4.79 Å². The summed E-state index contributed by atoms with van der Waals surface area (Å²) in [6, 6.07) is 0. The van der Waals surface area contributed by atoms with Gasteiger partial charge in [-0.3, -0.25) is 4.57 Å². The summed E-state index contributed by atoms with van der Waals surface area (Å²) in [4.78, 5) is 22.7. The Balaban J connectivity index is 4.73. The Morgan fingerprint density at radius 1 is 0.806 bits per heavy atom. The van der Waals surface area contributed by atoms with Crippen molar-refractivity contribution in [3.05, 3.63) is 0 Å². The second kappa shape index (κ2) is 24.0. The molecule has 36 heavy (non-hydrogen) atoms. The van der Waals surface area contributed by atoms with Crippen molar-refractivity contribution in [1.29, 1.82) is 0 Å². The number of esters is 1. The summed E-state index contributed by atoms with van der Waals surface area (Å²) in [5.74, 6) is -1.43. The molecule has 216 valence electrons. The molecular weight excluding hydrogens is 495 g/mol. The molecule has 0 aliphatic carbocycles. The summed E-state index contributed by atoms with van der Waals surface area (Å²) in [6.45, 7) is 8.30. The second-order valence-corrected chi connectivity index (χ2v) is 13.1. The molecule has 0 bridgehead atoms. The minimum absolute atomic E-state index is 0.0906. The van der Waals surface area contributed by atoms with Gasteiger partial charge in [0.15, 0.2) is 0 Å². The average Bonchev–Trinajstić information content (AvgIpc) is 2.87. The molecule has 0 aromatic heterocycles. The van der Waals surface area contributed by atoms with E-state index in [9.17, 15) is 14.3 Å². The summed E-state index contributed by atoms with van der Waals surface area (Å²) in [6.07, 6.45) is 20.3. The minimum Gasteiger partial charge on any atom is -0.467 e. The summed E-state index contributed by atoms with van der Waals surface area (Å²) in [7, 11) is -3.09. The Kier molecular flexibility index (Phi) is 24.0. The number of rotatable bonds is 26. The molecule has 0 heterocycles. The molecule has 0 aromatic rings. The standard InChI is InChI=1S/C28H57O6PS/c1-6-9-11-13-14-15-16-17-19-21-24-36-26(22-20-18-12-10-7-2)25(4)34-28(27(29)32-5)35(30,31)33-23-8-3/h25-26,28H,6-24H2,1-5H3,(H,30,31). The van der Waals surface area contributed by atoms with Gasteiger partial charge in [-0.2, -0.15) is 11.8 Å². The third kappa shape index (κ3) is 18.2. The fourth-order valence-electron chi connectivity index (χ4n) is 4.17. The zero-order chi connectivity index (χ0) is 27.1. The Morgan fingerprint density at radius 2 is 1.31 bits per heavy atom. The molecule has 0 aliphatic heterocycles. The zero-order valence-electron chi connectivity index (χ0n) is 24.0. The van der Waals surface area contributed by atoms with Crippen LogP contribution in [0.25, 0.3) is 0 Å². The van der Waals surface area contributed by atoms with Gasteiger partial charge in [-0.05, 0) is 31.9 Å². The lowest BCUT2D eigenvalue weighted by atomic mass is 10.1. The molecular formula is C28H57O6PS. The monoisotopic (exact) mass is 552 g/mol. The summed E-state index contributed by atoms with van der Waals surface area (Å²) in [5.41, 5.74) is 0. The van der Waals surface area contributed by atoms with E-state index in [0.29, 0.717) is 6.42 Å². The predicted molar refractivity (Wildman–Crippen MR) is 154 cm³/mol. The van der Waals surface area contributed by atoms with Crippen molar-refractivity contribution in [1.82, 2.24) is 0 Å². The number of thioether (sulfide) groups is 1. The maximum atomic E-state index is 12.7. The highest BCUT2D eigenvalue weighted by Crippen LogP contribution is 2.49. The fourth-order valence-corrected chi connectivity index (χ4v) is 6.81. The average molecular weight is 553 g/mol. The lowest BCUT2D eigenvalue weighted by Crippen LogP contribution is -2.35. The third-order valence-electron chi connectivity index (χ3n) is 6.47. The Bertz CT molecular complexity index is 562. The molecule has 0 spiro atoms. The Morgan fingerprint density at radius 3 is 1.81 bits per heavy atom. The van der Waals surface area contributed by atoms with Crippen LogP contribution >= 0.6 is 19.4 Å². The van der Waals surface area contributed by atoms with E-state index in [1.165, 1.54) is 90.6 Å². The topological polar surface area (TPSA) is 82.1 Å². The Hall–Kier alpha value is -0.0700. The molecule has 0 aromatic carbocycles. The van der Waals surface area contributed by atoms with Crippen LogP contribution in [0.3, 0.4) is 0 Å².